The first-order valence-corrected chi connectivity index (χ1v) is 7.70. The molecule has 0 N–H and O–H groups in total. The van der Waals surface area contributed by atoms with Crippen LogP contribution in [0.15, 0.2) is 6.07 Å². The van der Waals surface area contributed by atoms with Crippen molar-refractivity contribution >= 4 is 17.6 Å². The molecule has 1 aromatic rings. The molecule has 0 radical (unpaired) electrons. The average molecular weight is 252 g/mol. The van der Waals surface area contributed by atoms with Crippen molar-refractivity contribution in [1.29, 1.82) is 0 Å². The number of thiophene rings is 1. The highest BCUT2D eigenvalue weighted by Gasteiger charge is 2.08. The van der Waals surface area contributed by atoms with Crippen LogP contribution in [0.25, 0.3) is 0 Å². The molecule has 0 unspecified atom stereocenters. The number of hydrogen-bond acceptors (Lipinski definition) is 2. The summed E-state index contributed by atoms with van der Waals surface area (Å²) in [6.45, 7) is 4.46. The zero-order valence-electron chi connectivity index (χ0n) is 11.1. The number of carbonyl (C=O) groups excluding carboxylic acids is 1. The molecular weight excluding hydrogens is 228 g/mol. The maximum atomic E-state index is 10.8. The molecule has 96 valence electrons. The van der Waals surface area contributed by atoms with Gasteiger partial charge < -0.3 is 0 Å². The minimum absolute atomic E-state index is 0.906. The lowest BCUT2D eigenvalue weighted by molar-refractivity contribution is 0.112. The fourth-order valence-electron chi connectivity index (χ4n) is 2.07. The molecule has 0 aromatic carbocycles. The third-order valence-corrected chi connectivity index (χ3v) is 4.25. The first-order valence-electron chi connectivity index (χ1n) is 6.88. The maximum absolute atomic E-state index is 10.8. The molecule has 0 saturated heterocycles. The molecule has 1 heterocycles. The van der Waals surface area contributed by atoms with E-state index in [-0.39, 0.29) is 0 Å². The summed E-state index contributed by atoms with van der Waals surface area (Å²) < 4.78 is 0. The van der Waals surface area contributed by atoms with Crippen LogP contribution < -0.4 is 0 Å². The summed E-state index contributed by atoms with van der Waals surface area (Å²) in [7, 11) is 0. The highest BCUT2D eigenvalue weighted by Crippen LogP contribution is 2.25. The highest BCUT2D eigenvalue weighted by atomic mass is 32.1. The van der Waals surface area contributed by atoms with Gasteiger partial charge in [-0.15, -0.1) is 11.3 Å². The molecule has 2 heteroatoms. The van der Waals surface area contributed by atoms with Crippen molar-refractivity contribution in [2.45, 2.75) is 65.2 Å². The topological polar surface area (TPSA) is 17.1 Å². The van der Waals surface area contributed by atoms with Gasteiger partial charge in [0.05, 0.1) is 4.88 Å². The molecule has 0 aliphatic carbocycles. The Bertz CT molecular complexity index is 300. The van der Waals surface area contributed by atoms with Crippen LogP contribution in [0.4, 0.5) is 0 Å². The minimum atomic E-state index is 0.906. The summed E-state index contributed by atoms with van der Waals surface area (Å²) in [6.07, 6.45) is 10.9. The molecule has 17 heavy (non-hydrogen) atoms. The van der Waals surface area contributed by atoms with Crippen molar-refractivity contribution in [2.75, 3.05) is 0 Å². The maximum Gasteiger partial charge on any atom is 0.160 e. The van der Waals surface area contributed by atoms with Crippen LogP contribution in [-0.4, -0.2) is 6.29 Å². The van der Waals surface area contributed by atoms with E-state index < -0.39 is 0 Å². The smallest absolute Gasteiger partial charge is 0.160 e. The third kappa shape index (κ3) is 5.03. The van der Waals surface area contributed by atoms with Crippen LogP contribution in [0.1, 0.15) is 72.5 Å². The summed E-state index contributed by atoms with van der Waals surface area (Å²) in [6, 6.07) is 2.11. The van der Waals surface area contributed by atoms with Gasteiger partial charge in [-0.1, -0.05) is 39.5 Å². The van der Waals surface area contributed by atoms with Crippen LogP contribution >= 0.6 is 11.3 Å². The molecule has 1 aromatic heterocycles. The van der Waals surface area contributed by atoms with Crippen LogP contribution in [-0.2, 0) is 12.8 Å². The quantitative estimate of drug-likeness (QED) is 0.445. The van der Waals surface area contributed by atoms with Crippen molar-refractivity contribution in [1.82, 2.24) is 0 Å². The number of unbranched alkanes of at least 4 members (excludes halogenated alkanes) is 4. The van der Waals surface area contributed by atoms with Gasteiger partial charge in [-0.2, -0.15) is 0 Å². The second kappa shape index (κ2) is 8.46. The summed E-state index contributed by atoms with van der Waals surface area (Å²) in [5, 5.41) is 0. The Morgan fingerprint density at radius 3 is 2.29 bits per heavy atom. The van der Waals surface area contributed by atoms with E-state index >= 15 is 0 Å². The van der Waals surface area contributed by atoms with Gasteiger partial charge in [0.25, 0.3) is 0 Å². The van der Waals surface area contributed by atoms with E-state index in [9.17, 15) is 4.79 Å². The summed E-state index contributed by atoms with van der Waals surface area (Å²) >= 11 is 1.70. The molecule has 0 fully saturated rings. The van der Waals surface area contributed by atoms with Crippen LogP contribution in [0.3, 0.4) is 0 Å². The van der Waals surface area contributed by atoms with Crippen LogP contribution in [0, 0.1) is 0 Å². The normalized spacial score (nSPS) is 10.7. The van der Waals surface area contributed by atoms with Gasteiger partial charge in [-0.05, 0) is 37.3 Å². The van der Waals surface area contributed by atoms with Crippen LogP contribution in [0.5, 0.6) is 0 Å². The molecule has 0 bridgehead atoms. The number of carbonyl (C=O) groups is 1. The molecule has 0 aliphatic heterocycles. The van der Waals surface area contributed by atoms with Crippen molar-refractivity contribution in [3.8, 4) is 0 Å². The lowest BCUT2D eigenvalue weighted by atomic mass is 10.0. The van der Waals surface area contributed by atoms with Crippen LogP contribution in [0.2, 0.25) is 0 Å². The van der Waals surface area contributed by atoms with Gasteiger partial charge in [-0.25, -0.2) is 0 Å². The lowest BCUT2D eigenvalue weighted by Crippen LogP contribution is -1.90. The number of rotatable bonds is 9. The Morgan fingerprint density at radius 1 is 1.06 bits per heavy atom. The molecule has 0 aliphatic rings. The number of hydrogen-bond donors (Lipinski definition) is 0. The second-order valence-corrected chi connectivity index (χ2v) is 5.80. The molecule has 0 atom stereocenters. The highest BCUT2D eigenvalue weighted by molar-refractivity contribution is 7.13. The van der Waals surface area contributed by atoms with Gasteiger partial charge >= 0.3 is 0 Å². The number of aryl methyl sites for hydroxylation is 2. The summed E-state index contributed by atoms with van der Waals surface area (Å²) in [5.41, 5.74) is 1.43. The van der Waals surface area contributed by atoms with E-state index in [0.717, 1.165) is 24.0 Å². The van der Waals surface area contributed by atoms with Gasteiger partial charge in [0.2, 0.25) is 0 Å². The minimum Gasteiger partial charge on any atom is -0.297 e. The Balaban J connectivity index is 2.57. The Labute approximate surface area is 109 Å². The fourth-order valence-corrected chi connectivity index (χ4v) is 3.14. The fraction of sp³-hybridized carbons (Fsp3) is 0.667. The van der Waals surface area contributed by atoms with Crippen molar-refractivity contribution < 1.29 is 4.79 Å². The molecular formula is C15H24OS. The summed E-state index contributed by atoms with van der Waals surface area (Å²) in [4.78, 5) is 13.2. The SMILES string of the molecule is CCCCCc1cc(C=O)sc1CCCCC. The van der Waals surface area contributed by atoms with Gasteiger partial charge in [0.1, 0.15) is 0 Å². The number of aldehydes is 1. The molecule has 0 spiro atoms. The van der Waals surface area contributed by atoms with Crippen molar-refractivity contribution in [2.24, 2.45) is 0 Å². The lowest BCUT2D eigenvalue weighted by Gasteiger charge is -2.03. The van der Waals surface area contributed by atoms with Gasteiger partial charge in [0.15, 0.2) is 6.29 Å². The average Bonchev–Trinajstić information content (AvgIpc) is 2.73. The molecule has 0 amide bonds. The Morgan fingerprint density at radius 2 is 1.71 bits per heavy atom. The largest absolute Gasteiger partial charge is 0.297 e. The summed E-state index contributed by atoms with van der Waals surface area (Å²) in [5.74, 6) is 0. The zero-order chi connectivity index (χ0) is 12.5. The predicted octanol–water partition coefficient (Wildman–Crippen LogP) is 5.03. The zero-order valence-corrected chi connectivity index (χ0v) is 11.9. The molecule has 1 nitrogen and oxygen atoms in total. The standard InChI is InChI=1S/C15H24OS/c1-3-5-7-9-13-11-14(12-16)17-15(13)10-8-6-4-2/h11-12H,3-10H2,1-2H3. The molecule has 0 saturated carbocycles. The monoisotopic (exact) mass is 252 g/mol. The van der Waals surface area contributed by atoms with Gasteiger partial charge in [-0.3, -0.25) is 4.79 Å². The van der Waals surface area contributed by atoms with E-state index in [0.29, 0.717) is 0 Å². The predicted molar refractivity (Wildman–Crippen MR) is 76.2 cm³/mol. The van der Waals surface area contributed by atoms with Crippen molar-refractivity contribution in [3.05, 3.63) is 21.4 Å². The van der Waals surface area contributed by atoms with Gasteiger partial charge in [0, 0.05) is 4.88 Å². The molecule has 1 rings (SSSR count). The first kappa shape index (κ1) is 14.4. The van der Waals surface area contributed by atoms with E-state index in [1.54, 1.807) is 11.3 Å². The first-order chi connectivity index (χ1) is 8.31. The van der Waals surface area contributed by atoms with E-state index in [4.69, 9.17) is 0 Å². The van der Waals surface area contributed by atoms with E-state index in [1.807, 2.05) is 0 Å². The van der Waals surface area contributed by atoms with Crippen molar-refractivity contribution in [3.63, 3.8) is 0 Å². The third-order valence-electron chi connectivity index (χ3n) is 3.09. The second-order valence-electron chi connectivity index (χ2n) is 4.63. The van der Waals surface area contributed by atoms with E-state index in [2.05, 4.69) is 19.9 Å². The Kier molecular flexibility index (Phi) is 7.18. The van der Waals surface area contributed by atoms with E-state index in [1.165, 1.54) is 49.0 Å². The Hall–Kier alpha value is -0.630.